The molecule has 2 N–H and O–H groups in total. The van der Waals surface area contributed by atoms with Crippen LogP contribution >= 0.6 is 0 Å². The maximum absolute atomic E-state index is 12.3. The summed E-state index contributed by atoms with van der Waals surface area (Å²) in [5.41, 5.74) is 2.90. The molecule has 8 heteroatoms. The topological polar surface area (TPSA) is 106 Å². The second kappa shape index (κ2) is 10.7. The summed E-state index contributed by atoms with van der Waals surface area (Å²) in [7, 11) is 0. The van der Waals surface area contributed by atoms with E-state index in [-0.39, 0.29) is 17.3 Å². The fourth-order valence-corrected chi connectivity index (χ4v) is 4.01. The first kappa shape index (κ1) is 22.5. The number of carbonyl (C=O) groups excluding carboxylic acids is 1. The highest BCUT2D eigenvalue weighted by atomic mass is 16.7. The molecular formula is C23H30N4O4. The zero-order valence-corrected chi connectivity index (χ0v) is 18.1. The molecule has 0 unspecified atom stereocenters. The summed E-state index contributed by atoms with van der Waals surface area (Å²) in [6.45, 7) is 3.49. The Balaban J connectivity index is 0.000000180. The molecule has 2 aliphatic rings. The van der Waals surface area contributed by atoms with E-state index >= 15 is 0 Å². The maximum Gasteiger partial charge on any atom is 0.437 e. The lowest BCUT2D eigenvalue weighted by atomic mass is 9.95. The van der Waals surface area contributed by atoms with Crippen LogP contribution in [-0.2, 0) is 17.7 Å². The first-order chi connectivity index (χ1) is 15.0. The van der Waals surface area contributed by atoms with Gasteiger partial charge in [-0.1, -0.05) is 42.6 Å². The van der Waals surface area contributed by atoms with Crippen molar-refractivity contribution < 1.29 is 9.63 Å². The summed E-state index contributed by atoms with van der Waals surface area (Å²) in [6, 6.07) is 9.18. The van der Waals surface area contributed by atoms with Gasteiger partial charge >= 0.3 is 11.8 Å². The van der Waals surface area contributed by atoms with E-state index in [1.54, 1.807) is 26.0 Å². The third-order valence-electron chi connectivity index (χ3n) is 5.44. The number of carbonyl (C=O) groups is 1. The fraction of sp³-hybridized carbons (Fsp3) is 0.478. The Hall–Kier alpha value is -3.16. The molecule has 2 aliphatic carbocycles. The van der Waals surface area contributed by atoms with Crippen LogP contribution < -0.4 is 16.6 Å². The largest absolute Gasteiger partial charge is 0.437 e. The van der Waals surface area contributed by atoms with Gasteiger partial charge in [0.05, 0.1) is 5.71 Å². The van der Waals surface area contributed by atoms with Crippen LogP contribution in [0.1, 0.15) is 69.7 Å². The second-order valence-electron chi connectivity index (χ2n) is 8.12. The molecule has 0 aliphatic heterocycles. The number of aryl methyl sites for hydroxylation is 1. The zero-order chi connectivity index (χ0) is 22.2. The van der Waals surface area contributed by atoms with Gasteiger partial charge in [0.25, 0.3) is 5.56 Å². The molecule has 1 amide bonds. The normalized spacial score (nSPS) is 15.3. The summed E-state index contributed by atoms with van der Waals surface area (Å²) in [6.07, 6.45) is 7.54. The van der Waals surface area contributed by atoms with Crippen molar-refractivity contribution in [2.24, 2.45) is 5.16 Å². The number of nitrogens with zero attached hydrogens (tertiary/aromatic N) is 2. The Morgan fingerprint density at radius 1 is 1.06 bits per heavy atom. The molecule has 0 atom stereocenters. The Morgan fingerprint density at radius 2 is 1.77 bits per heavy atom. The number of fused-ring (bicyclic) bond motifs is 1. The van der Waals surface area contributed by atoms with Crippen LogP contribution in [0.2, 0.25) is 0 Å². The Bertz CT molecular complexity index is 1030. The number of hydrogen-bond acceptors (Lipinski definition) is 5. The number of aromatic amines is 1. The Labute approximate surface area is 181 Å². The summed E-state index contributed by atoms with van der Waals surface area (Å²) in [5, 5.41) is 6.05. The molecule has 2 aromatic rings. The van der Waals surface area contributed by atoms with Crippen molar-refractivity contribution in [3.05, 3.63) is 62.4 Å². The number of hydrogen-bond donors (Lipinski definition) is 2. The van der Waals surface area contributed by atoms with Gasteiger partial charge in [-0.25, -0.2) is 9.59 Å². The molecule has 1 aromatic carbocycles. The molecule has 0 spiro atoms. The van der Waals surface area contributed by atoms with E-state index in [2.05, 4.69) is 20.3 Å². The Morgan fingerprint density at radius 3 is 2.45 bits per heavy atom. The monoisotopic (exact) mass is 426 g/mol. The van der Waals surface area contributed by atoms with Crippen molar-refractivity contribution in [2.45, 2.75) is 71.3 Å². The molecule has 1 aromatic heterocycles. The minimum absolute atomic E-state index is 0.0202. The molecule has 1 fully saturated rings. The van der Waals surface area contributed by atoms with Crippen LogP contribution in [0.5, 0.6) is 0 Å². The first-order valence-corrected chi connectivity index (χ1v) is 10.9. The van der Waals surface area contributed by atoms with Crippen LogP contribution in [0.25, 0.3) is 0 Å². The third-order valence-corrected chi connectivity index (χ3v) is 5.44. The first-order valence-electron chi connectivity index (χ1n) is 10.9. The minimum atomic E-state index is -0.586. The highest BCUT2D eigenvalue weighted by molar-refractivity contribution is 5.85. The number of H-pyrrole nitrogens is 1. The lowest BCUT2D eigenvalue weighted by Gasteiger charge is -2.23. The average molecular weight is 427 g/mol. The van der Waals surface area contributed by atoms with Gasteiger partial charge < -0.3 is 4.98 Å². The SMILES string of the molecule is CC(C)=NOC(=O)Nc1ccccc1.O=c1[nH]c2c(c(=O)n1C1CCCCC1)CCC2. The van der Waals surface area contributed by atoms with Gasteiger partial charge in [0.2, 0.25) is 0 Å². The van der Waals surface area contributed by atoms with Crippen LogP contribution in [-0.4, -0.2) is 21.4 Å². The van der Waals surface area contributed by atoms with E-state index in [0.717, 1.165) is 56.2 Å². The van der Waals surface area contributed by atoms with Crippen molar-refractivity contribution in [2.75, 3.05) is 5.32 Å². The van der Waals surface area contributed by atoms with E-state index in [1.807, 2.05) is 18.2 Å². The predicted octanol–water partition coefficient (Wildman–Crippen LogP) is 4.16. The standard InChI is InChI=1S/C13H18N2O2.C10H12N2O2/c16-12-10-7-4-8-11(10)14-13(17)15(12)9-5-2-1-3-6-9;1-8(2)12-14-10(13)11-9-6-4-3-5-7-9/h9H,1-8H2,(H,14,17);3-7H,1-2H3,(H,11,13). The van der Waals surface area contributed by atoms with Crippen LogP contribution in [0, 0.1) is 0 Å². The minimum Gasteiger partial charge on any atom is -0.311 e. The van der Waals surface area contributed by atoms with Crippen LogP contribution in [0.4, 0.5) is 10.5 Å². The summed E-state index contributed by atoms with van der Waals surface area (Å²) in [4.78, 5) is 42.9. The second-order valence-corrected chi connectivity index (χ2v) is 8.12. The molecule has 1 saturated carbocycles. The van der Waals surface area contributed by atoms with Gasteiger partial charge in [0.1, 0.15) is 0 Å². The van der Waals surface area contributed by atoms with Gasteiger partial charge in [-0.05, 0) is 58.1 Å². The molecule has 0 radical (unpaired) electrons. The van der Waals surface area contributed by atoms with Gasteiger partial charge in [-0.3, -0.25) is 19.5 Å². The highest BCUT2D eigenvalue weighted by Gasteiger charge is 2.24. The van der Waals surface area contributed by atoms with Gasteiger partial charge in [0.15, 0.2) is 0 Å². The van der Waals surface area contributed by atoms with Crippen LogP contribution in [0.3, 0.4) is 0 Å². The predicted molar refractivity (Wildman–Crippen MR) is 121 cm³/mol. The number of amides is 1. The fourth-order valence-electron chi connectivity index (χ4n) is 4.01. The average Bonchev–Trinajstić information content (AvgIpc) is 3.23. The Kier molecular flexibility index (Phi) is 7.81. The number of aromatic nitrogens is 2. The van der Waals surface area contributed by atoms with Crippen molar-refractivity contribution in [3.63, 3.8) is 0 Å². The number of nitrogens with one attached hydrogen (secondary N) is 2. The van der Waals surface area contributed by atoms with Crippen molar-refractivity contribution in [3.8, 4) is 0 Å². The van der Waals surface area contributed by atoms with Crippen molar-refractivity contribution in [1.82, 2.24) is 9.55 Å². The molecular weight excluding hydrogens is 396 g/mol. The highest BCUT2D eigenvalue weighted by Crippen LogP contribution is 2.26. The van der Waals surface area contributed by atoms with E-state index in [0.29, 0.717) is 11.4 Å². The van der Waals surface area contributed by atoms with E-state index in [1.165, 1.54) is 11.0 Å². The number of para-hydroxylation sites is 1. The maximum atomic E-state index is 12.3. The molecule has 4 rings (SSSR count). The number of benzene rings is 1. The van der Waals surface area contributed by atoms with E-state index in [9.17, 15) is 14.4 Å². The van der Waals surface area contributed by atoms with Gasteiger partial charge in [-0.15, -0.1) is 0 Å². The van der Waals surface area contributed by atoms with E-state index in [4.69, 9.17) is 0 Å². The van der Waals surface area contributed by atoms with Crippen molar-refractivity contribution in [1.29, 1.82) is 0 Å². The molecule has 0 saturated heterocycles. The molecule has 166 valence electrons. The van der Waals surface area contributed by atoms with Gasteiger partial charge in [-0.2, -0.15) is 0 Å². The van der Waals surface area contributed by atoms with Gasteiger partial charge in [0, 0.05) is 23.0 Å². The van der Waals surface area contributed by atoms with E-state index < -0.39 is 6.09 Å². The molecule has 31 heavy (non-hydrogen) atoms. The number of oxime groups is 1. The smallest absolute Gasteiger partial charge is 0.311 e. The summed E-state index contributed by atoms with van der Waals surface area (Å²) >= 11 is 0. The zero-order valence-electron chi connectivity index (χ0n) is 18.1. The lowest BCUT2D eigenvalue weighted by Crippen LogP contribution is -2.40. The molecule has 0 bridgehead atoms. The lowest BCUT2D eigenvalue weighted by molar-refractivity contribution is 0.166. The summed E-state index contributed by atoms with van der Waals surface area (Å²) < 4.78 is 1.49. The number of rotatable bonds is 3. The quantitative estimate of drug-likeness (QED) is 0.437. The van der Waals surface area contributed by atoms with Crippen molar-refractivity contribution >= 4 is 17.5 Å². The summed E-state index contributed by atoms with van der Waals surface area (Å²) in [5.74, 6) is 0. The third kappa shape index (κ3) is 6.16. The molecule has 8 nitrogen and oxygen atoms in total. The number of anilines is 1. The molecule has 1 heterocycles. The van der Waals surface area contributed by atoms with Crippen LogP contribution in [0.15, 0.2) is 45.1 Å².